The molecule has 0 saturated carbocycles. The van der Waals surface area contributed by atoms with Gasteiger partial charge in [-0.3, -0.25) is 10.1 Å². The molecule has 2 saturated heterocycles. The van der Waals surface area contributed by atoms with Crippen LogP contribution in [0.15, 0.2) is 48.5 Å². The molecule has 0 bridgehead atoms. The Morgan fingerprint density at radius 2 is 1.72 bits per heavy atom. The third-order valence-corrected chi connectivity index (χ3v) is 5.95. The molecule has 8 nitrogen and oxygen atoms in total. The molecule has 2 aromatic carbocycles. The number of fused-ring (bicyclic) bond motifs is 1. The summed E-state index contributed by atoms with van der Waals surface area (Å²) in [5.41, 5.74) is 3.56. The second-order valence-electron chi connectivity index (χ2n) is 8.46. The molecule has 0 spiro atoms. The number of nitrogens with one attached hydrogen (secondary N) is 1. The van der Waals surface area contributed by atoms with Crippen LogP contribution in [0.1, 0.15) is 22.8 Å². The smallest absolute Gasteiger partial charge is 0.412 e. The Balaban J connectivity index is 1.26. The highest BCUT2D eigenvalue weighted by Crippen LogP contribution is 2.28. The number of rotatable bonds is 7. The zero-order chi connectivity index (χ0) is 22.7. The monoisotopic (exact) mass is 440 g/mol. The number of anilines is 2. The van der Waals surface area contributed by atoms with E-state index in [9.17, 15) is 9.59 Å². The van der Waals surface area contributed by atoms with Gasteiger partial charge >= 0.3 is 6.09 Å². The molecule has 2 aromatic rings. The van der Waals surface area contributed by atoms with Gasteiger partial charge in [-0.25, -0.2) is 4.79 Å². The van der Waals surface area contributed by atoms with Gasteiger partial charge < -0.3 is 24.4 Å². The molecule has 32 heavy (non-hydrogen) atoms. The molecule has 2 aliphatic rings. The van der Waals surface area contributed by atoms with Crippen molar-refractivity contribution in [3.05, 3.63) is 59.7 Å². The summed E-state index contributed by atoms with van der Waals surface area (Å²) in [6.45, 7) is 3.20. The first kappa shape index (κ1) is 22.3. The Kier molecular flexibility index (Phi) is 6.74. The van der Waals surface area contributed by atoms with Crippen LogP contribution in [0.2, 0.25) is 0 Å². The predicted molar refractivity (Wildman–Crippen MR) is 120 cm³/mol. The van der Waals surface area contributed by atoms with E-state index in [1.807, 2.05) is 14.1 Å². The minimum absolute atomic E-state index is 0.0245. The van der Waals surface area contributed by atoms with Crippen molar-refractivity contribution in [2.75, 3.05) is 37.5 Å². The fourth-order valence-corrected chi connectivity index (χ4v) is 4.09. The molecule has 0 radical (unpaired) electrons. The van der Waals surface area contributed by atoms with Crippen LogP contribution in [0, 0.1) is 0 Å². The van der Waals surface area contributed by atoms with Crippen molar-refractivity contribution in [2.24, 2.45) is 0 Å². The highest BCUT2D eigenvalue weighted by Gasteiger charge is 2.51. The first-order chi connectivity index (χ1) is 15.4. The standard InChI is InChI=1S/C24H29N3O5/c1-15(28)17-6-8-18(9-7-17)26-24(29)32-21-14-31-22-20(13-30-23(21)22)25-12-16-4-10-19(11-5-16)27(2)3/h4-11,20-23,25H,12-14H2,1-3H3,(H,26,29)/p+1/t20-,21+,22+,23+/m0/s1. The van der Waals surface area contributed by atoms with E-state index in [4.69, 9.17) is 14.2 Å². The number of ketones is 1. The van der Waals surface area contributed by atoms with E-state index in [0.717, 1.165) is 6.54 Å². The van der Waals surface area contributed by atoms with Gasteiger partial charge in [0.1, 0.15) is 31.4 Å². The van der Waals surface area contributed by atoms with Gasteiger partial charge in [-0.2, -0.15) is 0 Å². The van der Waals surface area contributed by atoms with Crippen LogP contribution >= 0.6 is 0 Å². The molecule has 4 atom stereocenters. The van der Waals surface area contributed by atoms with Crippen LogP contribution in [0.3, 0.4) is 0 Å². The van der Waals surface area contributed by atoms with E-state index in [1.54, 1.807) is 24.3 Å². The lowest BCUT2D eigenvalue weighted by molar-refractivity contribution is -0.707. The summed E-state index contributed by atoms with van der Waals surface area (Å²) < 4.78 is 17.4. The maximum absolute atomic E-state index is 12.3. The summed E-state index contributed by atoms with van der Waals surface area (Å²) in [7, 11) is 4.05. The number of hydrogen-bond acceptors (Lipinski definition) is 6. The molecule has 0 aliphatic carbocycles. The maximum Gasteiger partial charge on any atom is 0.412 e. The molecule has 2 heterocycles. The van der Waals surface area contributed by atoms with Crippen molar-refractivity contribution < 1.29 is 29.1 Å². The van der Waals surface area contributed by atoms with E-state index in [-0.39, 0.29) is 24.0 Å². The number of benzene rings is 2. The Hall–Kier alpha value is -2.94. The van der Waals surface area contributed by atoms with E-state index in [2.05, 4.69) is 39.8 Å². The average molecular weight is 441 g/mol. The van der Waals surface area contributed by atoms with Crippen molar-refractivity contribution in [1.29, 1.82) is 0 Å². The van der Waals surface area contributed by atoms with E-state index < -0.39 is 12.2 Å². The van der Waals surface area contributed by atoms with Gasteiger partial charge in [0, 0.05) is 36.6 Å². The molecule has 170 valence electrons. The van der Waals surface area contributed by atoms with Crippen LogP contribution in [-0.2, 0) is 20.8 Å². The number of nitrogens with two attached hydrogens (primary N) is 1. The lowest BCUT2D eigenvalue weighted by Crippen LogP contribution is -2.91. The Morgan fingerprint density at radius 1 is 1.03 bits per heavy atom. The minimum atomic E-state index is -0.563. The van der Waals surface area contributed by atoms with Gasteiger partial charge in [0.2, 0.25) is 0 Å². The summed E-state index contributed by atoms with van der Waals surface area (Å²) in [6, 6.07) is 15.3. The Morgan fingerprint density at radius 3 is 2.38 bits per heavy atom. The van der Waals surface area contributed by atoms with Gasteiger partial charge in [0.25, 0.3) is 0 Å². The first-order valence-corrected chi connectivity index (χ1v) is 10.8. The summed E-state index contributed by atoms with van der Waals surface area (Å²) >= 11 is 0. The normalized spacial score (nSPS) is 24.1. The molecule has 1 amide bonds. The highest BCUT2D eigenvalue weighted by molar-refractivity contribution is 5.94. The lowest BCUT2D eigenvalue weighted by atomic mass is 10.1. The molecule has 4 rings (SSSR count). The largest absolute Gasteiger partial charge is 0.441 e. The third-order valence-electron chi connectivity index (χ3n) is 5.95. The van der Waals surface area contributed by atoms with Crippen molar-refractivity contribution in [3.63, 3.8) is 0 Å². The first-order valence-electron chi connectivity index (χ1n) is 10.8. The third kappa shape index (κ3) is 5.09. The van der Waals surface area contributed by atoms with Gasteiger partial charge in [-0.15, -0.1) is 0 Å². The summed E-state index contributed by atoms with van der Waals surface area (Å²) in [5, 5.41) is 4.92. The van der Waals surface area contributed by atoms with Gasteiger partial charge in [-0.05, 0) is 43.3 Å². The van der Waals surface area contributed by atoms with Gasteiger partial charge in [0.05, 0.1) is 6.61 Å². The van der Waals surface area contributed by atoms with Crippen LogP contribution < -0.4 is 15.5 Å². The second-order valence-corrected chi connectivity index (χ2v) is 8.46. The maximum atomic E-state index is 12.3. The van der Waals surface area contributed by atoms with Crippen LogP contribution in [0.25, 0.3) is 0 Å². The van der Waals surface area contributed by atoms with E-state index in [1.165, 1.54) is 18.2 Å². The van der Waals surface area contributed by atoms with E-state index in [0.29, 0.717) is 24.5 Å². The van der Waals surface area contributed by atoms with Gasteiger partial charge in [-0.1, -0.05) is 12.1 Å². The van der Waals surface area contributed by atoms with Crippen molar-refractivity contribution in [3.8, 4) is 0 Å². The molecule has 8 heteroatoms. The zero-order valence-corrected chi connectivity index (χ0v) is 18.6. The molecule has 2 aliphatic heterocycles. The molecular formula is C24H30N3O5+. The number of Topliss-reactive ketones (excluding diaryl/α,β-unsaturated/α-hetero) is 1. The van der Waals surface area contributed by atoms with Crippen molar-refractivity contribution >= 4 is 23.3 Å². The number of ether oxygens (including phenoxy) is 3. The Bertz CT molecular complexity index is 945. The van der Waals surface area contributed by atoms with Crippen LogP contribution in [0.5, 0.6) is 0 Å². The zero-order valence-electron chi connectivity index (χ0n) is 18.6. The minimum Gasteiger partial charge on any atom is -0.441 e. The van der Waals surface area contributed by atoms with Gasteiger partial charge in [0.15, 0.2) is 11.9 Å². The lowest BCUT2D eigenvalue weighted by Gasteiger charge is -2.17. The fourth-order valence-electron chi connectivity index (χ4n) is 4.09. The summed E-state index contributed by atoms with van der Waals surface area (Å²) in [6.07, 6.45) is -1.39. The Labute approximate surface area is 187 Å². The number of nitrogens with zero attached hydrogens (tertiary/aromatic N) is 1. The number of carbonyl (C=O) groups excluding carboxylic acids is 2. The quantitative estimate of drug-likeness (QED) is 0.638. The second kappa shape index (κ2) is 9.68. The summed E-state index contributed by atoms with van der Waals surface area (Å²) in [5.74, 6) is -0.0245. The van der Waals surface area contributed by atoms with Crippen LogP contribution in [-0.4, -0.2) is 63.5 Å². The molecule has 0 unspecified atom stereocenters. The van der Waals surface area contributed by atoms with E-state index >= 15 is 0 Å². The van der Waals surface area contributed by atoms with Crippen molar-refractivity contribution in [1.82, 2.24) is 0 Å². The number of quaternary nitrogens is 1. The number of hydrogen-bond donors (Lipinski definition) is 2. The number of carbonyl (C=O) groups is 2. The average Bonchev–Trinajstić information content (AvgIpc) is 3.36. The topological polar surface area (TPSA) is 93.7 Å². The fraction of sp³-hybridized carbons (Fsp3) is 0.417. The SMILES string of the molecule is CC(=O)c1ccc(NC(=O)O[C@@H]2CO[C@H]3[C@@H]2OC[C@@H]3[NH2+]Cc2ccc(N(C)C)cc2)cc1. The summed E-state index contributed by atoms with van der Waals surface area (Å²) in [4.78, 5) is 25.8. The van der Waals surface area contributed by atoms with Crippen molar-refractivity contribution in [2.45, 2.75) is 37.8 Å². The highest BCUT2D eigenvalue weighted by atomic mass is 16.6. The molecular weight excluding hydrogens is 410 g/mol. The number of amides is 1. The van der Waals surface area contributed by atoms with Crippen LogP contribution in [0.4, 0.5) is 16.2 Å². The molecule has 2 fully saturated rings. The molecule has 3 N–H and O–H groups in total. The predicted octanol–water partition coefficient (Wildman–Crippen LogP) is 1.80. The molecule has 0 aromatic heterocycles.